The molecule has 1 unspecified atom stereocenters. The Balaban J connectivity index is 1.73. The molecule has 1 aromatic heterocycles. The van der Waals surface area contributed by atoms with E-state index >= 15 is 0 Å². The first-order valence-corrected chi connectivity index (χ1v) is 7.85. The van der Waals surface area contributed by atoms with Crippen LogP contribution < -0.4 is 10.1 Å². The molecule has 1 fully saturated rings. The third kappa shape index (κ3) is 3.93. The summed E-state index contributed by atoms with van der Waals surface area (Å²) in [6.45, 7) is 1.22. The Bertz CT molecular complexity index is 718. The van der Waals surface area contributed by atoms with Crippen molar-refractivity contribution in [2.75, 3.05) is 18.5 Å². The largest absolute Gasteiger partial charge is 0.472 e. The zero-order chi connectivity index (χ0) is 16.2. The minimum Gasteiger partial charge on any atom is -0.472 e. The van der Waals surface area contributed by atoms with Gasteiger partial charge in [0.05, 0.1) is 28.9 Å². The van der Waals surface area contributed by atoms with Crippen molar-refractivity contribution in [1.29, 1.82) is 0 Å². The smallest absolute Gasteiger partial charge is 0.255 e. The van der Waals surface area contributed by atoms with Crippen molar-refractivity contribution in [3.8, 4) is 5.88 Å². The summed E-state index contributed by atoms with van der Waals surface area (Å²) in [6, 6.07) is 8.24. The predicted octanol–water partition coefficient (Wildman–Crippen LogP) is 3.81. The number of carbonyl (C=O) groups excluding carboxylic acids is 1. The van der Waals surface area contributed by atoms with Gasteiger partial charge in [-0.2, -0.15) is 0 Å². The molecule has 23 heavy (non-hydrogen) atoms. The summed E-state index contributed by atoms with van der Waals surface area (Å²) in [6.07, 6.45) is 2.32. The molecule has 1 saturated heterocycles. The average molecular weight is 353 g/mol. The zero-order valence-corrected chi connectivity index (χ0v) is 13.6. The molecule has 0 radical (unpaired) electrons. The molecular formula is C16H14Cl2N2O3. The van der Waals surface area contributed by atoms with E-state index in [1.54, 1.807) is 30.3 Å². The Labute approximate surface area is 143 Å². The molecule has 0 aliphatic carbocycles. The Hall–Kier alpha value is -1.82. The second-order valence-electron chi connectivity index (χ2n) is 5.04. The fraction of sp³-hybridized carbons (Fsp3) is 0.250. The standard InChI is InChI=1S/C16H14Cl2N2O3/c17-12-2-1-3-13(15(12)18)20-16(21)10-4-6-19-14(8-10)23-11-5-7-22-9-11/h1-4,6,8,11H,5,7,9H2,(H,20,21). The van der Waals surface area contributed by atoms with Gasteiger partial charge in [0.2, 0.25) is 5.88 Å². The summed E-state index contributed by atoms with van der Waals surface area (Å²) in [5.41, 5.74) is 0.873. The number of anilines is 1. The van der Waals surface area contributed by atoms with Gasteiger partial charge < -0.3 is 14.8 Å². The van der Waals surface area contributed by atoms with Gasteiger partial charge in [0.1, 0.15) is 6.10 Å². The van der Waals surface area contributed by atoms with Crippen molar-refractivity contribution < 1.29 is 14.3 Å². The van der Waals surface area contributed by atoms with Gasteiger partial charge in [0.25, 0.3) is 5.91 Å². The highest BCUT2D eigenvalue weighted by Gasteiger charge is 2.18. The van der Waals surface area contributed by atoms with Crippen molar-refractivity contribution in [2.24, 2.45) is 0 Å². The number of pyridine rings is 1. The molecular weight excluding hydrogens is 339 g/mol. The Morgan fingerprint density at radius 3 is 3.00 bits per heavy atom. The molecule has 1 N–H and O–H groups in total. The first-order valence-electron chi connectivity index (χ1n) is 7.09. The van der Waals surface area contributed by atoms with E-state index in [4.69, 9.17) is 32.7 Å². The number of benzene rings is 1. The van der Waals surface area contributed by atoms with Crippen molar-refractivity contribution >= 4 is 34.8 Å². The number of amides is 1. The van der Waals surface area contributed by atoms with Crippen molar-refractivity contribution in [3.63, 3.8) is 0 Å². The third-order valence-electron chi connectivity index (χ3n) is 3.37. The molecule has 120 valence electrons. The minimum atomic E-state index is -0.316. The predicted molar refractivity (Wildman–Crippen MR) is 88.5 cm³/mol. The molecule has 1 aliphatic rings. The van der Waals surface area contributed by atoms with Crippen molar-refractivity contribution in [1.82, 2.24) is 4.98 Å². The van der Waals surface area contributed by atoms with Crippen LogP contribution in [0, 0.1) is 0 Å². The molecule has 1 aliphatic heterocycles. The van der Waals surface area contributed by atoms with Crippen LogP contribution >= 0.6 is 23.2 Å². The summed E-state index contributed by atoms with van der Waals surface area (Å²) in [5, 5.41) is 3.41. The molecule has 1 atom stereocenters. The molecule has 5 nitrogen and oxygen atoms in total. The zero-order valence-electron chi connectivity index (χ0n) is 12.1. The number of carbonyl (C=O) groups is 1. The van der Waals surface area contributed by atoms with Gasteiger partial charge in [-0.15, -0.1) is 0 Å². The van der Waals surface area contributed by atoms with E-state index in [2.05, 4.69) is 10.3 Å². The van der Waals surface area contributed by atoms with Gasteiger partial charge in [0.15, 0.2) is 0 Å². The van der Waals surface area contributed by atoms with Crippen LogP contribution in [0.4, 0.5) is 5.69 Å². The molecule has 0 saturated carbocycles. The van der Waals surface area contributed by atoms with Crippen LogP contribution in [0.15, 0.2) is 36.5 Å². The van der Waals surface area contributed by atoms with Crippen LogP contribution in [-0.4, -0.2) is 30.2 Å². The summed E-state index contributed by atoms with van der Waals surface area (Å²) in [7, 11) is 0. The van der Waals surface area contributed by atoms with Crippen LogP contribution in [0.25, 0.3) is 0 Å². The van der Waals surface area contributed by atoms with Gasteiger partial charge in [-0.25, -0.2) is 4.98 Å². The number of nitrogens with one attached hydrogen (secondary N) is 1. The fourth-order valence-corrected chi connectivity index (χ4v) is 2.53. The molecule has 1 amide bonds. The number of halogens is 2. The second-order valence-corrected chi connectivity index (χ2v) is 5.83. The van der Waals surface area contributed by atoms with Gasteiger partial charge in [-0.05, 0) is 18.2 Å². The molecule has 0 spiro atoms. The number of ether oxygens (including phenoxy) is 2. The Morgan fingerprint density at radius 1 is 1.35 bits per heavy atom. The lowest BCUT2D eigenvalue weighted by Gasteiger charge is -2.12. The van der Waals surface area contributed by atoms with E-state index < -0.39 is 0 Å². The SMILES string of the molecule is O=C(Nc1cccc(Cl)c1Cl)c1ccnc(OC2CCOC2)c1. The lowest BCUT2D eigenvalue weighted by atomic mass is 10.2. The van der Waals surface area contributed by atoms with E-state index in [0.29, 0.717) is 40.4 Å². The molecule has 2 heterocycles. The average Bonchev–Trinajstić information content (AvgIpc) is 3.05. The molecule has 1 aromatic carbocycles. The number of rotatable bonds is 4. The highest BCUT2D eigenvalue weighted by Crippen LogP contribution is 2.30. The fourth-order valence-electron chi connectivity index (χ4n) is 2.19. The van der Waals surface area contributed by atoms with Crippen molar-refractivity contribution in [3.05, 3.63) is 52.1 Å². The lowest BCUT2D eigenvalue weighted by Crippen LogP contribution is -2.17. The third-order valence-corrected chi connectivity index (χ3v) is 4.19. The van der Waals surface area contributed by atoms with E-state index in [1.165, 1.54) is 6.20 Å². The maximum Gasteiger partial charge on any atom is 0.255 e. The quantitative estimate of drug-likeness (QED) is 0.908. The van der Waals surface area contributed by atoms with E-state index in [9.17, 15) is 4.79 Å². The number of aromatic nitrogens is 1. The van der Waals surface area contributed by atoms with Crippen LogP contribution in [0.5, 0.6) is 5.88 Å². The van der Waals surface area contributed by atoms with Gasteiger partial charge >= 0.3 is 0 Å². The molecule has 7 heteroatoms. The highest BCUT2D eigenvalue weighted by molar-refractivity contribution is 6.44. The van der Waals surface area contributed by atoms with Crippen molar-refractivity contribution in [2.45, 2.75) is 12.5 Å². The summed E-state index contributed by atoms with van der Waals surface area (Å²) in [4.78, 5) is 16.5. The van der Waals surface area contributed by atoms with Crippen LogP contribution in [0.3, 0.4) is 0 Å². The Kier molecular flexibility index (Phi) is 5.00. The molecule has 3 rings (SSSR count). The monoisotopic (exact) mass is 352 g/mol. The highest BCUT2D eigenvalue weighted by atomic mass is 35.5. The number of hydrogen-bond donors (Lipinski definition) is 1. The van der Waals surface area contributed by atoms with Gasteiger partial charge in [0, 0.05) is 24.2 Å². The molecule has 0 bridgehead atoms. The van der Waals surface area contributed by atoms with E-state index in [-0.39, 0.29) is 12.0 Å². The number of nitrogens with zero attached hydrogens (tertiary/aromatic N) is 1. The lowest BCUT2D eigenvalue weighted by molar-refractivity contribution is 0.102. The molecule has 2 aromatic rings. The number of hydrogen-bond acceptors (Lipinski definition) is 4. The van der Waals surface area contributed by atoms with E-state index in [1.807, 2.05) is 0 Å². The first-order chi connectivity index (χ1) is 11.1. The Morgan fingerprint density at radius 2 is 2.22 bits per heavy atom. The maximum absolute atomic E-state index is 12.3. The van der Waals surface area contributed by atoms with Crippen LogP contribution in [0.1, 0.15) is 16.8 Å². The summed E-state index contributed by atoms with van der Waals surface area (Å²) < 4.78 is 10.9. The first kappa shape index (κ1) is 16.1. The topological polar surface area (TPSA) is 60.5 Å². The van der Waals surface area contributed by atoms with E-state index in [0.717, 1.165) is 6.42 Å². The van der Waals surface area contributed by atoms with Gasteiger partial charge in [-0.1, -0.05) is 29.3 Å². The minimum absolute atomic E-state index is 0.0248. The normalized spacial score (nSPS) is 17.0. The summed E-state index contributed by atoms with van der Waals surface area (Å²) >= 11 is 12.0. The van der Waals surface area contributed by atoms with Crippen LogP contribution in [-0.2, 0) is 4.74 Å². The summed E-state index contributed by atoms with van der Waals surface area (Å²) in [5.74, 6) is 0.0782. The second kappa shape index (κ2) is 7.17. The van der Waals surface area contributed by atoms with Gasteiger partial charge in [-0.3, -0.25) is 4.79 Å². The van der Waals surface area contributed by atoms with Crippen LogP contribution in [0.2, 0.25) is 10.0 Å². The maximum atomic E-state index is 12.3.